The molecule has 3 nitrogen and oxygen atoms in total. The third kappa shape index (κ3) is 3.05. The Hall–Kier alpha value is -1.59. The normalized spacial score (nSPS) is 10.3. The molecule has 0 aliphatic carbocycles. The van der Waals surface area contributed by atoms with Gasteiger partial charge in [-0.05, 0) is 30.3 Å². The maximum atomic E-state index is 13.5. The first-order valence-corrected chi connectivity index (χ1v) is 6.40. The van der Waals surface area contributed by atoms with Gasteiger partial charge in [0, 0.05) is 4.47 Å². The summed E-state index contributed by atoms with van der Waals surface area (Å²) in [5, 5.41) is 12.1. The highest BCUT2D eigenvalue weighted by molar-refractivity contribution is 9.10. The molecule has 0 fully saturated rings. The maximum absolute atomic E-state index is 13.5. The third-order valence-corrected chi connectivity index (χ3v) is 3.21. The van der Waals surface area contributed by atoms with Gasteiger partial charge in [0.2, 0.25) is 0 Å². The van der Waals surface area contributed by atoms with Gasteiger partial charge in [0.1, 0.15) is 11.6 Å². The lowest BCUT2D eigenvalue weighted by Crippen LogP contribution is -2.13. The van der Waals surface area contributed by atoms with Crippen LogP contribution in [0.3, 0.4) is 0 Å². The number of amides is 1. The Balaban J connectivity index is 2.31. The van der Waals surface area contributed by atoms with Crippen LogP contribution in [0, 0.1) is 5.82 Å². The lowest BCUT2D eigenvalue weighted by molar-refractivity contribution is 0.102. The average molecular weight is 345 g/mol. The van der Waals surface area contributed by atoms with Gasteiger partial charge in [-0.3, -0.25) is 4.79 Å². The van der Waals surface area contributed by atoms with E-state index in [0.29, 0.717) is 4.47 Å². The van der Waals surface area contributed by atoms with Gasteiger partial charge in [0.25, 0.3) is 5.91 Å². The number of carbonyl (C=O) groups excluding carboxylic acids is 1. The van der Waals surface area contributed by atoms with Crippen LogP contribution >= 0.6 is 27.5 Å². The smallest absolute Gasteiger partial charge is 0.259 e. The quantitative estimate of drug-likeness (QED) is 0.858. The van der Waals surface area contributed by atoms with Gasteiger partial charge in [0.15, 0.2) is 0 Å². The van der Waals surface area contributed by atoms with E-state index in [0.717, 1.165) is 0 Å². The predicted molar refractivity (Wildman–Crippen MR) is 75.2 cm³/mol. The number of aromatic hydroxyl groups is 1. The zero-order chi connectivity index (χ0) is 14.0. The third-order valence-electron chi connectivity index (χ3n) is 2.41. The minimum Gasteiger partial charge on any atom is -0.507 e. The number of benzene rings is 2. The first-order chi connectivity index (χ1) is 8.99. The second-order valence-electron chi connectivity index (χ2n) is 3.71. The number of rotatable bonds is 2. The summed E-state index contributed by atoms with van der Waals surface area (Å²) in [5.74, 6) is -1.49. The average Bonchev–Trinajstić information content (AvgIpc) is 2.33. The van der Waals surface area contributed by atoms with Gasteiger partial charge in [-0.2, -0.15) is 0 Å². The van der Waals surface area contributed by atoms with E-state index >= 15 is 0 Å². The highest BCUT2D eigenvalue weighted by Crippen LogP contribution is 2.27. The highest BCUT2D eigenvalue weighted by atomic mass is 79.9. The molecule has 19 heavy (non-hydrogen) atoms. The Morgan fingerprint density at radius 2 is 2.05 bits per heavy atom. The summed E-state index contributed by atoms with van der Waals surface area (Å²) in [6.07, 6.45) is 0. The number of hydrogen-bond donors (Lipinski definition) is 2. The number of phenolic OH excluding ortho intramolecular Hbond substituents is 1. The van der Waals surface area contributed by atoms with Crippen LogP contribution in [-0.2, 0) is 0 Å². The number of hydrogen-bond acceptors (Lipinski definition) is 2. The Kier molecular flexibility index (Phi) is 4.07. The number of para-hydroxylation sites is 1. The van der Waals surface area contributed by atoms with Gasteiger partial charge in [-0.15, -0.1) is 0 Å². The molecule has 0 radical (unpaired) electrons. The molecule has 0 heterocycles. The van der Waals surface area contributed by atoms with E-state index < -0.39 is 11.7 Å². The molecular formula is C13H8BrClFNO2. The molecule has 0 unspecified atom stereocenters. The minimum absolute atomic E-state index is 0.0301. The molecule has 0 aliphatic heterocycles. The summed E-state index contributed by atoms with van der Waals surface area (Å²) >= 11 is 8.96. The van der Waals surface area contributed by atoms with Gasteiger partial charge in [0.05, 0.1) is 16.3 Å². The number of halogens is 3. The molecule has 1 amide bonds. The van der Waals surface area contributed by atoms with Crippen LogP contribution in [0.1, 0.15) is 10.4 Å². The molecule has 2 N–H and O–H groups in total. The van der Waals surface area contributed by atoms with Gasteiger partial charge >= 0.3 is 0 Å². The van der Waals surface area contributed by atoms with Crippen molar-refractivity contribution < 1.29 is 14.3 Å². The van der Waals surface area contributed by atoms with Gasteiger partial charge < -0.3 is 10.4 Å². The molecule has 0 spiro atoms. The van der Waals surface area contributed by atoms with E-state index in [4.69, 9.17) is 11.6 Å². The summed E-state index contributed by atoms with van der Waals surface area (Å²) in [6.45, 7) is 0. The molecule has 2 aromatic carbocycles. The molecule has 0 saturated carbocycles. The summed E-state index contributed by atoms with van der Waals surface area (Å²) in [4.78, 5) is 11.9. The predicted octanol–water partition coefficient (Wildman–Crippen LogP) is 4.20. The standard InChI is InChI=1S/C13H8BrClFNO2/c14-7-4-5-8(11(18)6-7)13(19)17-12-9(15)2-1-3-10(12)16/h1-6,18H,(H,17,19). The first-order valence-electron chi connectivity index (χ1n) is 5.23. The van der Waals surface area contributed by atoms with Crippen LogP contribution in [0.25, 0.3) is 0 Å². The molecule has 0 saturated heterocycles. The van der Waals surface area contributed by atoms with Crippen LogP contribution in [0.5, 0.6) is 5.75 Å². The molecule has 0 bridgehead atoms. The van der Waals surface area contributed by atoms with Gasteiger partial charge in [-0.1, -0.05) is 33.6 Å². The Labute approximate surface area is 122 Å². The SMILES string of the molecule is O=C(Nc1c(F)cccc1Cl)c1ccc(Br)cc1O. The summed E-state index contributed by atoms with van der Waals surface area (Å²) < 4.78 is 14.2. The summed E-state index contributed by atoms with van der Waals surface area (Å²) in [7, 11) is 0. The monoisotopic (exact) mass is 343 g/mol. The van der Waals surface area contributed by atoms with Crippen LogP contribution in [0.2, 0.25) is 5.02 Å². The molecule has 0 atom stereocenters. The molecule has 2 rings (SSSR count). The molecule has 0 aromatic heterocycles. The van der Waals surface area contributed by atoms with Crippen LogP contribution in [0.4, 0.5) is 10.1 Å². The highest BCUT2D eigenvalue weighted by Gasteiger charge is 2.15. The molecule has 2 aromatic rings. The van der Waals surface area contributed by atoms with E-state index in [1.54, 1.807) is 6.07 Å². The Morgan fingerprint density at radius 3 is 2.68 bits per heavy atom. The molecular weight excluding hydrogens is 337 g/mol. The molecule has 98 valence electrons. The van der Waals surface area contributed by atoms with Crippen molar-refractivity contribution >= 4 is 39.1 Å². The molecule has 0 aliphatic rings. The Morgan fingerprint density at radius 1 is 1.32 bits per heavy atom. The first kappa shape index (κ1) is 13.8. The fourth-order valence-corrected chi connectivity index (χ4v) is 2.05. The summed E-state index contributed by atoms with van der Waals surface area (Å²) in [6, 6.07) is 8.47. The number of carbonyl (C=O) groups is 1. The Bertz CT molecular complexity index is 628. The number of nitrogens with one attached hydrogen (secondary N) is 1. The maximum Gasteiger partial charge on any atom is 0.259 e. The fraction of sp³-hybridized carbons (Fsp3) is 0. The number of phenols is 1. The molecule has 6 heteroatoms. The van der Waals surface area contributed by atoms with Crippen molar-refractivity contribution in [3.8, 4) is 5.75 Å². The van der Waals surface area contributed by atoms with Gasteiger partial charge in [-0.25, -0.2) is 4.39 Å². The lowest BCUT2D eigenvalue weighted by atomic mass is 10.2. The second-order valence-corrected chi connectivity index (χ2v) is 5.04. The van der Waals surface area contributed by atoms with Crippen molar-refractivity contribution in [2.24, 2.45) is 0 Å². The van der Waals surface area contributed by atoms with Crippen molar-refractivity contribution in [2.75, 3.05) is 5.32 Å². The van der Waals surface area contributed by atoms with Crippen molar-refractivity contribution in [3.63, 3.8) is 0 Å². The van der Waals surface area contributed by atoms with Crippen molar-refractivity contribution in [1.82, 2.24) is 0 Å². The fourth-order valence-electron chi connectivity index (χ4n) is 1.49. The van der Waals surface area contributed by atoms with E-state index in [2.05, 4.69) is 21.2 Å². The van der Waals surface area contributed by atoms with E-state index in [-0.39, 0.29) is 22.0 Å². The van der Waals surface area contributed by atoms with E-state index in [1.165, 1.54) is 30.3 Å². The largest absolute Gasteiger partial charge is 0.507 e. The van der Waals surface area contributed by atoms with Crippen LogP contribution in [-0.4, -0.2) is 11.0 Å². The van der Waals surface area contributed by atoms with Crippen molar-refractivity contribution in [2.45, 2.75) is 0 Å². The van der Waals surface area contributed by atoms with E-state index in [9.17, 15) is 14.3 Å². The van der Waals surface area contributed by atoms with E-state index in [1.807, 2.05) is 0 Å². The second kappa shape index (κ2) is 5.59. The zero-order valence-electron chi connectivity index (χ0n) is 9.45. The minimum atomic E-state index is -0.642. The van der Waals surface area contributed by atoms with Crippen LogP contribution < -0.4 is 5.32 Å². The summed E-state index contributed by atoms with van der Waals surface area (Å²) in [5.41, 5.74) is -0.0843. The lowest BCUT2D eigenvalue weighted by Gasteiger charge is -2.09. The number of anilines is 1. The van der Waals surface area contributed by atoms with Crippen LogP contribution in [0.15, 0.2) is 40.9 Å². The zero-order valence-corrected chi connectivity index (χ0v) is 11.8. The topological polar surface area (TPSA) is 49.3 Å². The van der Waals surface area contributed by atoms with Crippen molar-refractivity contribution in [1.29, 1.82) is 0 Å². The van der Waals surface area contributed by atoms with Crippen molar-refractivity contribution in [3.05, 3.63) is 57.3 Å².